The minimum absolute atomic E-state index is 0.125. The van der Waals surface area contributed by atoms with Crippen LogP contribution in [0.1, 0.15) is 37.7 Å². The minimum Gasteiger partial charge on any atom is -0.344 e. The number of hydrogen-bond donors (Lipinski definition) is 0. The Balaban J connectivity index is 1.66. The molecule has 1 saturated heterocycles. The highest BCUT2D eigenvalue weighted by Gasteiger charge is 2.38. The zero-order valence-electron chi connectivity index (χ0n) is 18.8. The fourth-order valence-electron chi connectivity index (χ4n) is 3.65. The second-order valence-corrected chi connectivity index (χ2v) is 9.93. The van der Waals surface area contributed by atoms with E-state index in [1.54, 1.807) is 4.90 Å². The number of alkyl halides is 3. The van der Waals surface area contributed by atoms with Gasteiger partial charge in [0.25, 0.3) is 11.2 Å². The second kappa shape index (κ2) is 8.18. The molecule has 0 spiro atoms. The summed E-state index contributed by atoms with van der Waals surface area (Å²) in [5.41, 5.74) is -3.69. The van der Waals surface area contributed by atoms with Crippen molar-refractivity contribution in [3.63, 3.8) is 0 Å². The molecule has 1 aromatic carbocycles. The number of halogens is 3. The van der Waals surface area contributed by atoms with Crippen LogP contribution in [0, 0.1) is 17.0 Å². The molecule has 1 aliphatic rings. The summed E-state index contributed by atoms with van der Waals surface area (Å²) in [4.78, 5) is 35.4. The van der Waals surface area contributed by atoms with Crippen LogP contribution in [-0.4, -0.2) is 46.2 Å². The second-order valence-electron chi connectivity index (χ2n) is 8.96. The molecule has 4 rings (SSSR count). The Morgan fingerprint density at radius 3 is 2.26 bits per heavy atom. The first kappa shape index (κ1) is 23.9. The molecule has 3 aromatic rings. The number of piperazine rings is 1. The van der Waals surface area contributed by atoms with Gasteiger partial charge in [-0.3, -0.25) is 14.9 Å². The molecule has 0 bridgehead atoms. The molecule has 182 valence electrons. The van der Waals surface area contributed by atoms with Gasteiger partial charge in [-0.2, -0.15) is 23.1 Å². The monoisotopic (exact) mass is 498 g/mol. The number of aromatic nitrogens is 3. The molecule has 14 heteroatoms. The third-order valence-electron chi connectivity index (χ3n) is 5.52. The van der Waals surface area contributed by atoms with Gasteiger partial charge in [0.05, 0.1) is 15.9 Å². The lowest BCUT2D eigenvalue weighted by Gasteiger charge is -2.33. The average molecular weight is 498 g/mol. The predicted molar refractivity (Wildman–Crippen MR) is 120 cm³/mol. The number of nitro groups is 1. The third-order valence-corrected chi connectivity index (χ3v) is 6.67. The number of anilines is 2. The Hall–Kier alpha value is -3.29. The number of nitro benzene ring substituents is 1. The minimum atomic E-state index is -4.84. The van der Waals surface area contributed by atoms with Gasteiger partial charge in [-0.25, -0.2) is 0 Å². The highest BCUT2D eigenvalue weighted by atomic mass is 32.1. The number of benzene rings is 1. The first-order valence-corrected chi connectivity index (χ1v) is 11.1. The quantitative estimate of drug-likeness (QED) is 0.391. The molecular formula is C20H21F3N6O4S. The summed E-state index contributed by atoms with van der Waals surface area (Å²) in [6.07, 6.45) is -4.84. The number of fused-ring (bicyclic) bond motifs is 1. The van der Waals surface area contributed by atoms with Crippen LogP contribution < -0.4 is 15.4 Å². The van der Waals surface area contributed by atoms with Crippen LogP contribution in [0.2, 0.25) is 0 Å². The van der Waals surface area contributed by atoms with Gasteiger partial charge in [-0.1, -0.05) is 37.3 Å². The van der Waals surface area contributed by atoms with Crippen LogP contribution in [0.3, 0.4) is 0 Å². The Kier molecular flexibility index (Phi) is 5.74. The van der Waals surface area contributed by atoms with Crippen molar-refractivity contribution in [2.75, 3.05) is 36.0 Å². The fraction of sp³-hybridized carbons (Fsp3) is 0.500. The molecule has 1 fully saturated rings. The average Bonchev–Trinajstić information content (AvgIpc) is 3.23. The van der Waals surface area contributed by atoms with Gasteiger partial charge < -0.3 is 14.3 Å². The van der Waals surface area contributed by atoms with Gasteiger partial charge in [-0.15, -0.1) is 0 Å². The Bertz CT molecular complexity index is 1320. The maximum atomic E-state index is 13.4. The number of rotatable bonds is 3. The van der Waals surface area contributed by atoms with Crippen LogP contribution in [0.15, 0.2) is 15.4 Å². The molecule has 0 aliphatic carbocycles. The first-order chi connectivity index (χ1) is 15.8. The number of nitrogens with zero attached hydrogens (tertiary/aromatic N) is 6. The molecule has 0 saturated carbocycles. The van der Waals surface area contributed by atoms with Crippen LogP contribution in [0.4, 0.5) is 30.0 Å². The summed E-state index contributed by atoms with van der Waals surface area (Å²) in [5, 5.41) is 15.5. The zero-order chi connectivity index (χ0) is 25.0. The smallest absolute Gasteiger partial charge is 0.344 e. The lowest BCUT2D eigenvalue weighted by Crippen LogP contribution is -2.47. The lowest BCUT2D eigenvalue weighted by molar-refractivity contribution is -0.383. The predicted octanol–water partition coefficient (Wildman–Crippen LogP) is 3.90. The van der Waals surface area contributed by atoms with Gasteiger partial charge in [0.2, 0.25) is 0 Å². The van der Waals surface area contributed by atoms with Gasteiger partial charge in [0.15, 0.2) is 11.0 Å². The Morgan fingerprint density at radius 2 is 1.74 bits per heavy atom. The Morgan fingerprint density at radius 1 is 1.12 bits per heavy atom. The third kappa shape index (κ3) is 4.29. The van der Waals surface area contributed by atoms with E-state index in [2.05, 4.69) is 15.1 Å². The topological polar surface area (TPSA) is 119 Å². The Labute approximate surface area is 195 Å². The van der Waals surface area contributed by atoms with Crippen molar-refractivity contribution in [3.05, 3.63) is 43.5 Å². The summed E-state index contributed by atoms with van der Waals surface area (Å²) in [6, 6.07) is 1.02. The van der Waals surface area contributed by atoms with E-state index >= 15 is 0 Å². The standard InChI is InChI=1S/C20H21F3N6O4S/c1-10-12(20(21,22)23)9-11-14(13(10)29(31)32)34-18(24-15(11)30)28-7-5-27(6-8-28)17-25-16(26-33-17)19(2,3)4/h9H,5-8H2,1-4H3. The van der Waals surface area contributed by atoms with Gasteiger partial charge in [0.1, 0.15) is 4.70 Å². The molecule has 0 radical (unpaired) electrons. The van der Waals surface area contributed by atoms with Crippen LogP contribution in [-0.2, 0) is 11.6 Å². The van der Waals surface area contributed by atoms with E-state index in [0.29, 0.717) is 44.1 Å². The fourth-order valence-corrected chi connectivity index (χ4v) is 4.86. The summed E-state index contributed by atoms with van der Waals surface area (Å²) >= 11 is 0.836. The molecule has 10 nitrogen and oxygen atoms in total. The zero-order valence-corrected chi connectivity index (χ0v) is 19.6. The van der Waals surface area contributed by atoms with Gasteiger partial charge >= 0.3 is 12.2 Å². The van der Waals surface area contributed by atoms with Gasteiger partial charge in [0, 0.05) is 37.2 Å². The van der Waals surface area contributed by atoms with Crippen molar-refractivity contribution in [2.24, 2.45) is 0 Å². The van der Waals surface area contributed by atoms with E-state index < -0.39 is 38.9 Å². The van der Waals surface area contributed by atoms with Crippen molar-refractivity contribution in [1.29, 1.82) is 0 Å². The normalized spacial score (nSPS) is 15.3. The molecule has 0 unspecified atom stereocenters. The van der Waals surface area contributed by atoms with E-state index in [1.807, 2.05) is 25.7 Å². The molecule has 0 N–H and O–H groups in total. The van der Waals surface area contributed by atoms with E-state index in [0.717, 1.165) is 18.3 Å². The lowest BCUT2D eigenvalue weighted by atomic mass is 9.96. The largest absolute Gasteiger partial charge is 0.416 e. The van der Waals surface area contributed by atoms with Crippen molar-refractivity contribution in [1.82, 2.24) is 15.1 Å². The van der Waals surface area contributed by atoms with E-state index in [4.69, 9.17) is 4.52 Å². The highest BCUT2D eigenvalue weighted by molar-refractivity contribution is 7.22. The molecule has 0 atom stereocenters. The molecule has 34 heavy (non-hydrogen) atoms. The maximum Gasteiger partial charge on any atom is 0.416 e. The van der Waals surface area contributed by atoms with E-state index in [-0.39, 0.29) is 15.2 Å². The summed E-state index contributed by atoms with van der Waals surface area (Å²) in [6.45, 7) is 8.64. The van der Waals surface area contributed by atoms with Crippen molar-refractivity contribution >= 4 is 38.3 Å². The molecule has 0 amide bonds. The summed E-state index contributed by atoms with van der Waals surface area (Å²) < 4.78 is 45.4. The van der Waals surface area contributed by atoms with E-state index in [1.165, 1.54) is 0 Å². The van der Waals surface area contributed by atoms with Crippen molar-refractivity contribution in [3.8, 4) is 0 Å². The molecule has 2 aromatic heterocycles. The van der Waals surface area contributed by atoms with Crippen molar-refractivity contribution in [2.45, 2.75) is 39.3 Å². The summed E-state index contributed by atoms with van der Waals surface area (Å²) in [7, 11) is 0. The first-order valence-electron chi connectivity index (χ1n) is 10.3. The molecule has 1 aliphatic heterocycles. The molecule has 3 heterocycles. The van der Waals surface area contributed by atoms with Crippen LogP contribution in [0.5, 0.6) is 0 Å². The summed E-state index contributed by atoms with van der Waals surface area (Å²) in [5.74, 6) is 0.570. The van der Waals surface area contributed by atoms with Crippen LogP contribution >= 0.6 is 11.3 Å². The SMILES string of the molecule is Cc1c(C(F)(F)F)cc2c(=O)nc(N3CCN(c4nc(C(C)(C)C)no4)CC3)sc2c1[N+](=O)[O-]. The van der Waals surface area contributed by atoms with Crippen molar-refractivity contribution < 1.29 is 22.6 Å². The van der Waals surface area contributed by atoms with E-state index in [9.17, 15) is 28.1 Å². The van der Waals surface area contributed by atoms with Crippen LogP contribution in [0.25, 0.3) is 10.1 Å². The maximum absolute atomic E-state index is 13.4. The highest BCUT2D eigenvalue weighted by Crippen LogP contribution is 2.41. The molecular weight excluding hydrogens is 477 g/mol. The van der Waals surface area contributed by atoms with Gasteiger partial charge in [-0.05, 0) is 13.0 Å². The number of hydrogen-bond acceptors (Lipinski definition) is 10.